The molecule has 2 heterocycles. The number of carbonyl (C=O) groups is 1. The highest BCUT2D eigenvalue weighted by atomic mass is 16.5. The van der Waals surface area contributed by atoms with Gasteiger partial charge in [-0.05, 0) is 35.3 Å². The van der Waals surface area contributed by atoms with Crippen LogP contribution < -0.4 is 4.74 Å². The van der Waals surface area contributed by atoms with Gasteiger partial charge in [0.05, 0.1) is 6.61 Å². The molecular formula is C21H21NO2. The smallest absolute Gasteiger partial charge is 0.246 e. The van der Waals surface area contributed by atoms with Crippen molar-refractivity contribution in [2.75, 3.05) is 19.7 Å². The van der Waals surface area contributed by atoms with Gasteiger partial charge in [-0.1, -0.05) is 42.5 Å². The SMILES string of the molecule is O=C(/C=C/c1ccccc1)N1CC[C@H](c2ccc3c(c2)CCO3)C1. The largest absolute Gasteiger partial charge is 0.493 e. The van der Waals surface area contributed by atoms with Gasteiger partial charge >= 0.3 is 0 Å². The lowest BCUT2D eigenvalue weighted by molar-refractivity contribution is -0.124. The highest BCUT2D eigenvalue weighted by Crippen LogP contribution is 2.33. The lowest BCUT2D eigenvalue weighted by Gasteiger charge is -2.15. The van der Waals surface area contributed by atoms with Gasteiger partial charge in [-0.25, -0.2) is 0 Å². The minimum absolute atomic E-state index is 0.103. The summed E-state index contributed by atoms with van der Waals surface area (Å²) in [6.45, 7) is 2.42. The van der Waals surface area contributed by atoms with Gasteiger partial charge in [-0.15, -0.1) is 0 Å². The molecule has 0 aromatic heterocycles. The number of hydrogen-bond donors (Lipinski definition) is 0. The van der Waals surface area contributed by atoms with Crippen molar-refractivity contribution >= 4 is 12.0 Å². The number of nitrogens with zero attached hydrogens (tertiary/aromatic N) is 1. The lowest BCUT2D eigenvalue weighted by Crippen LogP contribution is -2.26. The van der Waals surface area contributed by atoms with Gasteiger partial charge in [0.2, 0.25) is 5.91 Å². The molecule has 1 atom stereocenters. The zero-order valence-electron chi connectivity index (χ0n) is 13.7. The van der Waals surface area contributed by atoms with Crippen LogP contribution in [0.5, 0.6) is 5.75 Å². The molecule has 0 bridgehead atoms. The van der Waals surface area contributed by atoms with Gasteiger partial charge in [0.15, 0.2) is 0 Å². The summed E-state index contributed by atoms with van der Waals surface area (Å²) in [5, 5.41) is 0. The summed E-state index contributed by atoms with van der Waals surface area (Å²) in [5.74, 6) is 1.56. The molecule has 122 valence electrons. The Bertz CT molecular complexity index is 767. The van der Waals surface area contributed by atoms with Crippen molar-refractivity contribution < 1.29 is 9.53 Å². The summed E-state index contributed by atoms with van der Waals surface area (Å²) in [6, 6.07) is 16.4. The molecular weight excluding hydrogens is 298 g/mol. The fourth-order valence-electron chi connectivity index (χ4n) is 3.53. The molecule has 0 radical (unpaired) electrons. The van der Waals surface area contributed by atoms with E-state index in [-0.39, 0.29) is 5.91 Å². The van der Waals surface area contributed by atoms with E-state index in [1.165, 1.54) is 11.1 Å². The Kier molecular flexibility index (Phi) is 4.08. The third-order valence-corrected chi connectivity index (χ3v) is 4.90. The Balaban J connectivity index is 1.41. The summed E-state index contributed by atoms with van der Waals surface area (Å²) in [6.07, 6.45) is 5.61. The number of likely N-dealkylation sites (tertiary alicyclic amines) is 1. The fraction of sp³-hybridized carbons (Fsp3) is 0.286. The third kappa shape index (κ3) is 3.07. The molecule has 1 amide bonds. The topological polar surface area (TPSA) is 29.5 Å². The molecule has 1 saturated heterocycles. The van der Waals surface area contributed by atoms with Crippen molar-refractivity contribution in [1.29, 1.82) is 0 Å². The minimum atomic E-state index is 0.103. The zero-order valence-corrected chi connectivity index (χ0v) is 13.7. The lowest BCUT2D eigenvalue weighted by atomic mass is 9.96. The van der Waals surface area contributed by atoms with E-state index >= 15 is 0 Å². The van der Waals surface area contributed by atoms with Crippen LogP contribution in [0.15, 0.2) is 54.6 Å². The summed E-state index contributed by atoms with van der Waals surface area (Å²) >= 11 is 0. The van der Waals surface area contributed by atoms with Crippen LogP contribution in [0.25, 0.3) is 6.08 Å². The Morgan fingerprint density at radius 2 is 2.04 bits per heavy atom. The average Bonchev–Trinajstić information content (AvgIpc) is 3.29. The summed E-state index contributed by atoms with van der Waals surface area (Å²) in [7, 11) is 0. The Morgan fingerprint density at radius 1 is 1.17 bits per heavy atom. The Hall–Kier alpha value is -2.55. The molecule has 24 heavy (non-hydrogen) atoms. The van der Waals surface area contributed by atoms with Crippen LogP contribution in [0.4, 0.5) is 0 Å². The van der Waals surface area contributed by atoms with Gasteiger partial charge in [-0.3, -0.25) is 4.79 Å². The predicted molar refractivity (Wildman–Crippen MR) is 95.1 cm³/mol. The van der Waals surface area contributed by atoms with E-state index in [2.05, 4.69) is 18.2 Å². The highest BCUT2D eigenvalue weighted by Gasteiger charge is 2.27. The summed E-state index contributed by atoms with van der Waals surface area (Å²) in [4.78, 5) is 14.4. The molecule has 2 aliphatic rings. The van der Waals surface area contributed by atoms with Crippen LogP contribution in [0.3, 0.4) is 0 Å². The number of benzene rings is 2. The number of hydrogen-bond acceptors (Lipinski definition) is 2. The molecule has 0 N–H and O–H groups in total. The second-order valence-corrected chi connectivity index (χ2v) is 6.48. The van der Waals surface area contributed by atoms with E-state index in [0.717, 1.165) is 43.9 Å². The maximum Gasteiger partial charge on any atom is 0.246 e. The maximum absolute atomic E-state index is 12.4. The van der Waals surface area contributed by atoms with E-state index in [1.54, 1.807) is 6.08 Å². The van der Waals surface area contributed by atoms with Crippen molar-refractivity contribution in [2.45, 2.75) is 18.8 Å². The first-order chi connectivity index (χ1) is 11.8. The zero-order chi connectivity index (χ0) is 16.4. The number of fused-ring (bicyclic) bond motifs is 1. The Labute approximate surface area is 142 Å². The number of rotatable bonds is 3. The predicted octanol–water partition coefficient (Wildman–Crippen LogP) is 3.65. The van der Waals surface area contributed by atoms with E-state index in [4.69, 9.17) is 4.74 Å². The molecule has 0 spiro atoms. The van der Waals surface area contributed by atoms with Crippen LogP contribution in [0, 0.1) is 0 Å². The van der Waals surface area contributed by atoms with Gasteiger partial charge in [0.25, 0.3) is 0 Å². The van der Waals surface area contributed by atoms with Crippen LogP contribution in [0.2, 0.25) is 0 Å². The molecule has 0 unspecified atom stereocenters. The van der Waals surface area contributed by atoms with E-state index < -0.39 is 0 Å². The molecule has 2 aromatic carbocycles. The molecule has 3 heteroatoms. The first-order valence-corrected chi connectivity index (χ1v) is 8.57. The minimum Gasteiger partial charge on any atom is -0.493 e. The van der Waals surface area contributed by atoms with Crippen molar-refractivity contribution in [1.82, 2.24) is 4.90 Å². The molecule has 1 fully saturated rings. The van der Waals surface area contributed by atoms with Crippen LogP contribution in [-0.4, -0.2) is 30.5 Å². The van der Waals surface area contributed by atoms with Crippen LogP contribution in [-0.2, 0) is 11.2 Å². The molecule has 2 aromatic rings. The standard InChI is InChI=1S/C21H21NO2/c23-21(9-6-16-4-2-1-3-5-16)22-12-10-19(15-22)17-7-8-20-18(14-17)11-13-24-20/h1-9,14,19H,10-13,15H2/b9-6+/t19-/m0/s1. The normalized spacial score (nSPS) is 19.5. The van der Waals surface area contributed by atoms with Gasteiger partial charge in [0.1, 0.15) is 5.75 Å². The monoisotopic (exact) mass is 319 g/mol. The van der Waals surface area contributed by atoms with Crippen molar-refractivity contribution in [2.24, 2.45) is 0 Å². The fourth-order valence-corrected chi connectivity index (χ4v) is 3.53. The molecule has 2 aliphatic heterocycles. The Morgan fingerprint density at radius 3 is 2.92 bits per heavy atom. The van der Waals surface area contributed by atoms with Crippen LogP contribution >= 0.6 is 0 Å². The maximum atomic E-state index is 12.4. The van der Waals surface area contributed by atoms with Gasteiger partial charge in [0, 0.05) is 31.5 Å². The second-order valence-electron chi connectivity index (χ2n) is 6.48. The van der Waals surface area contributed by atoms with Gasteiger partial charge < -0.3 is 9.64 Å². The summed E-state index contributed by atoms with van der Waals surface area (Å²) in [5.41, 5.74) is 3.70. The number of ether oxygens (including phenoxy) is 1. The third-order valence-electron chi connectivity index (χ3n) is 4.90. The first-order valence-electron chi connectivity index (χ1n) is 8.57. The van der Waals surface area contributed by atoms with Gasteiger partial charge in [-0.2, -0.15) is 0 Å². The highest BCUT2D eigenvalue weighted by molar-refractivity contribution is 5.92. The molecule has 3 nitrogen and oxygen atoms in total. The van der Waals surface area contributed by atoms with E-state index in [1.807, 2.05) is 41.3 Å². The number of carbonyl (C=O) groups excluding carboxylic acids is 1. The second kappa shape index (κ2) is 6.52. The van der Waals surface area contributed by atoms with E-state index in [9.17, 15) is 4.79 Å². The van der Waals surface area contributed by atoms with Crippen LogP contribution in [0.1, 0.15) is 29.0 Å². The van der Waals surface area contributed by atoms with E-state index in [0.29, 0.717) is 5.92 Å². The first kappa shape index (κ1) is 15.0. The quantitative estimate of drug-likeness (QED) is 0.808. The average molecular weight is 319 g/mol. The summed E-state index contributed by atoms with van der Waals surface area (Å²) < 4.78 is 5.58. The number of amides is 1. The van der Waals surface area contributed by atoms with Crippen molar-refractivity contribution in [3.8, 4) is 5.75 Å². The molecule has 4 rings (SSSR count). The van der Waals surface area contributed by atoms with Crippen molar-refractivity contribution in [3.63, 3.8) is 0 Å². The van der Waals surface area contributed by atoms with Crippen molar-refractivity contribution in [3.05, 3.63) is 71.3 Å². The molecule has 0 saturated carbocycles. The molecule has 0 aliphatic carbocycles.